The van der Waals surface area contributed by atoms with Crippen molar-refractivity contribution in [3.63, 3.8) is 0 Å². The van der Waals surface area contributed by atoms with Crippen molar-refractivity contribution in [2.75, 3.05) is 31.6 Å². The molecule has 0 radical (unpaired) electrons. The summed E-state index contributed by atoms with van der Waals surface area (Å²) in [5.41, 5.74) is 3.51. The molecule has 3 heteroatoms. The molecule has 1 heterocycles. The Kier molecular flexibility index (Phi) is 4.83. The highest BCUT2D eigenvalue weighted by Gasteiger charge is 2.24. The van der Waals surface area contributed by atoms with Gasteiger partial charge in [-0.15, -0.1) is 0 Å². The van der Waals surface area contributed by atoms with Crippen LogP contribution in [0.1, 0.15) is 30.9 Å². The van der Waals surface area contributed by atoms with Crippen LogP contribution in [0.5, 0.6) is 0 Å². The van der Waals surface area contributed by atoms with E-state index in [1.165, 1.54) is 30.6 Å². The Morgan fingerprint density at radius 2 is 2.21 bits per heavy atom. The first-order chi connectivity index (χ1) is 9.15. The van der Waals surface area contributed by atoms with E-state index in [0.29, 0.717) is 6.04 Å². The summed E-state index contributed by atoms with van der Waals surface area (Å²) in [5.74, 6) is 0. The van der Waals surface area contributed by atoms with Crippen molar-refractivity contribution in [3.8, 4) is 0 Å². The third kappa shape index (κ3) is 3.28. The second kappa shape index (κ2) is 6.40. The lowest BCUT2D eigenvalue weighted by Crippen LogP contribution is -2.38. The molecule has 1 fully saturated rings. The number of aliphatic hydroxyl groups excluding tert-OH is 1. The van der Waals surface area contributed by atoms with E-state index in [4.69, 9.17) is 5.11 Å². The standard InChI is InChI=1S/C16H26N2O/c1-4-18-9-5-6-15(18)11-17(3)16-8-7-14(12-19)10-13(16)2/h7-8,10,15,19H,4-6,9,11-12H2,1-3H3. The maximum atomic E-state index is 9.17. The van der Waals surface area contributed by atoms with Crippen LogP contribution in [0.3, 0.4) is 0 Å². The number of likely N-dealkylation sites (tertiary alicyclic amines) is 1. The Hall–Kier alpha value is -1.06. The normalized spacial score (nSPS) is 19.9. The van der Waals surface area contributed by atoms with Gasteiger partial charge in [0, 0.05) is 25.3 Å². The molecule has 3 nitrogen and oxygen atoms in total. The number of anilines is 1. The van der Waals surface area contributed by atoms with Gasteiger partial charge in [-0.1, -0.05) is 19.1 Å². The van der Waals surface area contributed by atoms with Gasteiger partial charge in [-0.05, 0) is 50.0 Å². The average molecular weight is 262 g/mol. The molecule has 0 spiro atoms. The molecule has 1 aliphatic heterocycles. The fourth-order valence-corrected chi connectivity index (χ4v) is 3.18. The predicted molar refractivity (Wildman–Crippen MR) is 80.6 cm³/mol. The quantitative estimate of drug-likeness (QED) is 0.883. The molecule has 1 saturated heterocycles. The van der Waals surface area contributed by atoms with E-state index in [0.717, 1.165) is 18.7 Å². The summed E-state index contributed by atoms with van der Waals surface area (Å²) < 4.78 is 0. The van der Waals surface area contributed by atoms with E-state index < -0.39 is 0 Å². The van der Waals surface area contributed by atoms with Gasteiger partial charge in [0.15, 0.2) is 0 Å². The van der Waals surface area contributed by atoms with Crippen molar-refractivity contribution in [2.45, 2.75) is 39.3 Å². The molecule has 2 rings (SSSR count). The lowest BCUT2D eigenvalue weighted by atomic mass is 10.1. The van der Waals surface area contributed by atoms with Gasteiger partial charge >= 0.3 is 0 Å². The third-order valence-corrected chi connectivity index (χ3v) is 4.24. The van der Waals surface area contributed by atoms with Crippen molar-refractivity contribution in [1.29, 1.82) is 0 Å². The number of aliphatic hydroxyl groups is 1. The highest BCUT2D eigenvalue weighted by Crippen LogP contribution is 2.23. The smallest absolute Gasteiger partial charge is 0.0681 e. The van der Waals surface area contributed by atoms with Crippen molar-refractivity contribution in [1.82, 2.24) is 4.90 Å². The first kappa shape index (κ1) is 14.4. The highest BCUT2D eigenvalue weighted by molar-refractivity contribution is 5.54. The molecule has 1 aromatic rings. The van der Waals surface area contributed by atoms with E-state index >= 15 is 0 Å². The molecule has 106 valence electrons. The van der Waals surface area contributed by atoms with Crippen molar-refractivity contribution in [2.24, 2.45) is 0 Å². The molecule has 1 aromatic carbocycles. The molecule has 0 aliphatic carbocycles. The number of nitrogens with zero attached hydrogens (tertiary/aromatic N) is 2. The SMILES string of the molecule is CCN1CCCC1CN(C)c1ccc(CO)cc1C. The molecule has 19 heavy (non-hydrogen) atoms. The molecule has 0 bridgehead atoms. The number of likely N-dealkylation sites (N-methyl/N-ethyl adjacent to an activating group) is 2. The monoisotopic (exact) mass is 262 g/mol. The summed E-state index contributed by atoms with van der Waals surface area (Å²) in [6, 6.07) is 6.92. The van der Waals surface area contributed by atoms with Crippen LogP contribution in [0, 0.1) is 6.92 Å². The first-order valence-electron chi connectivity index (χ1n) is 7.31. The maximum absolute atomic E-state index is 9.17. The van der Waals surface area contributed by atoms with E-state index in [1.807, 2.05) is 6.07 Å². The fourth-order valence-electron chi connectivity index (χ4n) is 3.18. The van der Waals surface area contributed by atoms with E-state index in [-0.39, 0.29) is 6.61 Å². The molecule has 1 unspecified atom stereocenters. The lowest BCUT2D eigenvalue weighted by molar-refractivity contribution is 0.270. The number of aryl methyl sites for hydroxylation is 1. The zero-order valence-corrected chi connectivity index (χ0v) is 12.4. The molecular weight excluding hydrogens is 236 g/mol. The second-order valence-electron chi connectivity index (χ2n) is 5.58. The minimum absolute atomic E-state index is 0.122. The van der Waals surface area contributed by atoms with Crippen molar-refractivity contribution in [3.05, 3.63) is 29.3 Å². The summed E-state index contributed by atoms with van der Waals surface area (Å²) in [4.78, 5) is 4.93. The van der Waals surface area contributed by atoms with E-state index in [2.05, 4.69) is 42.8 Å². The molecule has 1 aliphatic rings. The van der Waals surface area contributed by atoms with Crippen LogP contribution < -0.4 is 4.90 Å². The van der Waals surface area contributed by atoms with Crippen LogP contribution in [0.4, 0.5) is 5.69 Å². The minimum Gasteiger partial charge on any atom is -0.392 e. The van der Waals surface area contributed by atoms with Gasteiger partial charge < -0.3 is 10.0 Å². The first-order valence-corrected chi connectivity index (χ1v) is 7.31. The van der Waals surface area contributed by atoms with Gasteiger partial charge in [0.2, 0.25) is 0 Å². The second-order valence-corrected chi connectivity index (χ2v) is 5.58. The average Bonchev–Trinajstić information content (AvgIpc) is 2.85. The molecule has 0 aromatic heterocycles. The largest absolute Gasteiger partial charge is 0.392 e. The van der Waals surface area contributed by atoms with Crippen LogP contribution in [0.15, 0.2) is 18.2 Å². The Bertz CT molecular complexity index is 419. The zero-order valence-electron chi connectivity index (χ0n) is 12.4. The Morgan fingerprint density at radius 3 is 2.84 bits per heavy atom. The van der Waals surface area contributed by atoms with Crippen molar-refractivity contribution >= 4 is 5.69 Å². The fraction of sp³-hybridized carbons (Fsp3) is 0.625. The van der Waals surface area contributed by atoms with E-state index in [9.17, 15) is 0 Å². The van der Waals surface area contributed by atoms with Gasteiger partial charge in [0.1, 0.15) is 0 Å². The summed E-state index contributed by atoms with van der Waals surface area (Å²) in [5, 5.41) is 9.17. The zero-order chi connectivity index (χ0) is 13.8. The molecule has 1 atom stereocenters. The van der Waals surface area contributed by atoms with Crippen molar-refractivity contribution < 1.29 is 5.11 Å². The van der Waals surface area contributed by atoms with Crippen LogP contribution in [-0.4, -0.2) is 42.7 Å². The number of rotatable bonds is 5. The van der Waals surface area contributed by atoms with Gasteiger partial charge in [-0.25, -0.2) is 0 Å². The number of hydrogen-bond donors (Lipinski definition) is 1. The van der Waals surface area contributed by atoms with Gasteiger partial charge in [-0.2, -0.15) is 0 Å². The topological polar surface area (TPSA) is 26.7 Å². The molecule has 0 saturated carbocycles. The Labute approximate surface area is 116 Å². The summed E-state index contributed by atoms with van der Waals surface area (Å²) in [6.07, 6.45) is 2.64. The van der Waals surface area contributed by atoms with E-state index in [1.54, 1.807) is 0 Å². The number of benzene rings is 1. The molecule has 0 amide bonds. The summed E-state index contributed by atoms with van der Waals surface area (Å²) in [6.45, 7) is 7.99. The highest BCUT2D eigenvalue weighted by atomic mass is 16.3. The lowest BCUT2D eigenvalue weighted by Gasteiger charge is -2.30. The van der Waals surface area contributed by atoms with Gasteiger partial charge in [0.25, 0.3) is 0 Å². The van der Waals surface area contributed by atoms with Gasteiger partial charge in [0.05, 0.1) is 6.61 Å². The Balaban J connectivity index is 2.05. The van der Waals surface area contributed by atoms with Crippen LogP contribution in [-0.2, 0) is 6.61 Å². The maximum Gasteiger partial charge on any atom is 0.0681 e. The Morgan fingerprint density at radius 1 is 1.42 bits per heavy atom. The van der Waals surface area contributed by atoms with Crippen LogP contribution >= 0.6 is 0 Å². The van der Waals surface area contributed by atoms with Crippen LogP contribution in [0.25, 0.3) is 0 Å². The number of hydrogen-bond acceptors (Lipinski definition) is 3. The molecular formula is C16H26N2O. The minimum atomic E-state index is 0.122. The summed E-state index contributed by atoms with van der Waals surface area (Å²) in [7, 11) is 2.17. The van der Waals surface area contributed by atoms with Crippen LogP contribution in [0.2, 0.25) is 0 Å². The summed E-state index contributed by atoms with van der Waals surface area (Å²) >= 11 is 0. The molecule has 1 N–H and O–H groups in total. The third-order valence-electron chi connectivity index (χ3n) is 4.24. The predicted octanol–water partition coefficient (Wildman–Crippen LogP) is 2.41. The van der Waals surface area contributed by atoms with Gasteiger partial charge in [-0.3, -0.25) is 4.90 Å².